The van der Waals surface area contributed by atoms with Crippen LogP contribution in [-0.4, -0.2) is 44.8 Å². The fourth-order valence-corrected chi connectivity index (χ4v) is 5.08. The van der Waals surface area contributed by atoms with Gasteiger partial charge in [0.2, 0.25) is 15.9 Å². The molecule has 2 aromatic carbocycles. The summed E-state index contributed by atoms with van der Waals surface area (Å²) in [6, 6.07) is 14.1. The van der Waals surface area contributed by atoms with Gasteiger partial charge in [0.15, 0.2) is 0 Å². The maximum absolute atomic E-state index is 13.4. The van der Waals surface area contributed by atoms with Crippen LogP contribution in [0.4, 0.5) is 5.69 Å². The number of nitrogens with zero attached hydrogens (tertiary/aromatic N) is 2. The molecule has 7 nitrogen and oxygen atoms in total. The molecular weight excluding hydrogens is 404 g/mol. The number of benzene rings is 2. The van der Waals surface area contributed by atoms with Crippen LogP contribution in [-0.2, 0) is 37.3 Å². The predicted molar refractivity (Wildman–Crippen MR) is 113 cm³/mol. The molecule has 1 heterocycles. The highest BCUT2D eigenvalue weighted by Crippen LogP contribution is 2.31. The summed E-state index contributed by atoms with van der Waals surface area (Å²) >= 11 is 0. The molecule has 8 heteroatoms. The zero-order valence-corrected chi connectivity index (χ0v) is 18.0. The van der Waals surface area contributed by atoms with E-state index in [-0.39, 0.29) is 30.3 Å². The number of sulfonamides is 1. The molecule has 0 spiro atoms. The van der Waals surface area contributed by atoms with Gasteiger partial charge in [-0.05, 0) is 42.2 Å². The van der Waals surface area contributed by atoms with Crippen molar-refractivity contribution >= 4 is 27.6 Å². The molecule has 0 fully saturated rings. The van der Waals surface area contributed by atoms with E-state index in [0.29, 0.717) is 13.0 Å². The SMILES string of the molecule is COC(=O)CCN(Cc1ccccc1)S(=O)(=O)c1ccc2c(c1)CCCN2C(C)=O. The van der Waals surface area contributed by atoms with Crippen LogP contribution in [0.5, 0.6) is 0 Å². The lowest BCUT2D eigenvalue weighted by molar-refractivity contribution is -0.140. The van der Waals surface area contributed by atoms with E-state index in [9.17, 15) is 18.0 Å². The van der Waals surface area contributed by atoms with Crippen molar-refractivity contribution in [1.29, 1.82) is 0 Å². The smallest absolute Gasteiger partial charge is 0.306 e. The van der Waals surface area contributed by atoms with Crippen molar-refractivity contribution in [1.82, 2.24) is 4.31 Å². The lowest BCUT2D eigenvalue weighted by atomic mass is 10.0. The largest absolute Gasteiger partial charge is 0.469 e. The van der Waals surface area contributed by atoms with Gasteiger partial charge in [0.1, 0.15) is 0 Å². The third-order valence-electron chi connectivity index (χ3n) is 5.18. The van der Waals surface area contributed by atoms with Gasteiger partial charge in [-0.2, -0.15) is 4.31 Å². The Hall–Kier alpha value is -2.71. The van der Waals surface area contributed by atoms with Crippen LogP contribution in [0, 0.1) is 0 Å². The molecule has 1 amide bonds. The second-order valence-electron chi connectivity index (χ2n) is 7.22. The summed E-state index contributed by atoms with van der Waals surface area (Å²) in [5.74, 6) is -0.527. The predicted octanol–water partition coefficient (Wildman–Crippen LogP) is 2.74. The monoisotopic (exact) mass is 430 g/mol. The minimum atomic E-state index is -3.85. The van der Waals surface area contributed by atoms with Gasteiger partial charge in [0.05, 0.1) is 18.4 Å². The van der Waals surface area contributed by atoms with Gasteiger partial charge in [-0.15, -0.1) is 0 Å². The van der Waals surface area contributed by atoms with Crippen molar-refractivity contribution in [3.63, 3.8) is 0 Å². The van der Waals surface area contributed by atoms with Crippen LogP contribution < -0.4 is 4.90 Å². The van der Waals surface area contributed by atoms with Crippen molar-refractivity contribution in [2.75, 3.05) is 25.1 Å². The van der Waals surface area contributed by atoms with Crippen LogP contribution in [0.1, 0.15) is 30.9 Å². The summed E-state index contributed by atoms with van der Waals surface area (Å²) in [4.78, 5) is 25.4. The highest BCUT2D eigenvalue weighted by molar-refractivity contribution is 7.89. The van der Waals surface area contributed by atoms with Gasteiger partial charge in [0.25, 0.3) is 0 Å². The van der Waals surface area contributed by atoms with Crippen molar-refractivity contribution in [2.45, 2.75) is 37.6 Å². The molecule has 0 bridgehead atoms. The fraction of sp³-hybridized carbons (Fsp3) is 0.364. The number of ether oxygens (including phenoxy) is 1. The van der Waals surface area contributed by atoms with E-state index in [0.717, 1.165) is 23.2 Å². The van der Waals surface area contributed by atoms with Gasteiger partial charge in [-0.3, -0.25) is 9.59 Å². The van der Waals surface area contributed by atoms with E-state index in [4.69, 9.17) is 0 Å². The number of rotatable bonds is 7. The minimum Gasteiger partial charge on any atom is -0.469 e. The normalized spacial score (nSPS) is 13.8. The van der Waals surface area contributed by atoms with Gasteiger partial charge < -0.3 is 9.64 Å². The van der Waals surface area contributed by atoms with Crippen LogP contribution in [0.25, 0.3) is 0 Å². The Labute approximate surface area is 177 Å². The Bertz CT molecular complexity index is 1020. The lowest BCUT2D eigenvalue weighted by Gasteiger charge is -2.29. The zero-order chi connectivity index (χ0) is 21.7. The summed E-state index contributed by atoms with van der Waals surface area (Å²) in [6.07, 6.45) is 1.46. The molecule has 0 N–H and O–H groups in total. The average molecular weight is 431 g/mol. The molecule has 2 aromatic rings. The topological polar surface area (TPSA) is 84.0 Å². The molecule has 0 saturated carbocycles. The standard InChI is InChI=1S/C22H26N2O5S/c1-17(25)24-13-6-9-19-15-20(10-11-21(19)24)30(27,28)23(14-12-22(26)29-2)16-18-7-4-3-5-8-18/h3-5,7-8,10-11,15H,6,9,12-14,16H2,1-2H3. The first-order chi connectivity index (χ1) is 14.3. The summed E-state index contributed by atoms with van der Waals surface area (Å²) in [6.45, 7) is 2.30. The molecule has 30 heavy (non-hydrogen) atoms. The van der Waals surface area contributed by atoms with Gasteiger partial charge in [0, 0.05) is 32.2 Å². The molecule has 0 radical (unpaired) electrons. The summed E-state index contributed by atoms with van der Waals surface area (Å²) in [7, 11) is -2.57. The van der Waals surface area contributed by atoms with Gasteiger partial charge in [-0.25, -0.2) is 8.42 Å². The molecule has 0 atom stereocenters. The van der Waals surface area contributed by atoms with E-state index in [2.05, 4.69) is 4.74 Å². The van der Waals surface area contributed by atoms with Crippen LogP contribution in [0.3, 0.4) is 0 Å². The Balaban J connectivity index is 1.93. The number of carbonyl (C=O) groups excluding carboxylic acids is 2. The molecule has 160 valence electrons. The van der Waals surface area contributed by atoms with E-state index < -0.39 is 16.0 Å². The molecular formula is C22H26N2O5S. The van der Waals surface area contributed by atoms with Gasteiger partial charge >= 0.3 is 5.97 Å². The van der Waals surface area contributed by atoms with E-state index in [1.165, 1.54) is 24.4 Å². The molecule has 0 unspecified atom stereocenters. The first-order valence-corrected chi connectivity index (χ1v) is 11.3. The number of fused-ring (bicyclic) bond motifs is 1. The molecule has 0 aliphatic carbocycles. The highest BCUT2D eigenvalue weighted by Gasteiger charge is 2.28. The van der Waals surface area contributed by atoms with E-state index >= 15 is 0 Å². The molecule has 3 rings (SSSR count). The third kappa shape index (κ3) is 4.88. The Morgan fingerprint density at radius 2 is 1.87 bits per heavy atom. The van der Waals surface area contributed by atoms with Crippen LogP contribution in [0.15, 0.2) is 53.4 Å². The number of aryl methyl sites for hydroxylation is 1. The summed E-state index contributed by atoms with van der Waals surface area (Å²) in [5.41, 5.74) is 2.42. The molecule has 1 aliphatic heterocycles. The van der Waals surface area contributed by atoms with Crippen molar-refractivity contribution in [3.05, 3.63) is 59.7 Å². The first-order valence-electron chi connectivity index (χ1n) is 9.85. The fourth-order valence-electron chi connectivity index (χ4n) is 3.60. The summed E-state index contributed by atoms with van der Waals surface area (Å²) < 4.78 is 32.8. The van der Waals surface area contributed by atoms with Gasteiger partial charge in [-0.1, -0.05) is 30.3 Å². The van der Waals surface area contributed by atoms with E-state index in [1.807, 2.05) is 30.3 Å². The number of hydrogen-bond donors (Lipinski definition) is 0. The maximum atomic E-state index is 13.4. The van der Waals surface area contributed by atoms with E-state index in [1.54, 1.807) is 17.0 Å². The lowest BCUT2D eigenvalue weighted by Crippen LogP contribution is -2.35. The second-order valence-corrected chi connectivity index (χ2v) is 9.15. The molecule has 0 aromatic heterocycles. The number of methoxy groups -OCH3 is 1. The Kier molecular flexibility index (Phi) is 6.89. The maximum Gasteiger partial charge on any atom is 0.306 e. The minimum absolute atomic E-state index is 0.0144. The number of carbonyl (C=O) groups is 2. The highest BCUT2D eigenvalue weighted by atomic mass is 32.2. The Morgan fingerprint density at radius 3 is 2.53 bits per heavy atom. The number of hydrogen-bond acceptors (Lipinski definition) is 5. The number of anilines is 1. The third-order valence-corrected chi connectivity index (χ3v) is 7.02. The quantitative estimate of drug-likeness (QED) is 0.631. The molecule has 1 aliphatic rings. The summed E-state index contributed by atoms with van der Waals surface area (Å²) in [5, 5.41) is 0. The van der Waals surface area contributed by atoms with Crippen LogP contribution >= 0.6 is 0 Å². The Morgan fingerprint density at radius 1 is 1.13 bits per heavy atom. The number of amides is 1. The van der Waals surface area contributed by atoms with Crippen molar-refractivity contribution in [2.24, 2.45) is 0 Å². The first kappa shape index (κ1) is 22.0. The molecule has 0 saturated heterocycles. The van der Waals surface area contributed by atoms with Crippen molar-refractivity contribution < 1.29 is 22.7 Å². The second kappa shape index (κ2) is 9.40. The van der Waals surface area contributed by atoms with Crippen LogP contribution in [0.2, 0.25) is 0 Å². The average Bonchev–Trinajstić information content (AvgIpc) is 2.75. The van der Waals surface area contributed by atoms with Crippen molar-refractivity contribution in [3.8, 4) is 0 Å². The zero-order valence-electron chi connectivity index (χ0n) is 17.2. The number of esters is 1.